The number of carbonyl (C=O) groups excluding carboxylic acids is 1. The van der Waals surface area contributed by atoms with Crippen molar-refractivity contribution in [1.82, 2.24) is 4.98 Å². The van der Waals surface area contributed by atoms with Crippen LogP contribution >= 0.6 is 11.3 Å². The maximum atomic E-state index is 11.8. The average molecular weight is 313 g/mol. The number of rotatable bonds is 4. The molecule has 1 aromatic heterocycles. The molecule has 0 bridgehead atoms. The molecular formula is C17H19N3OS. The maximum Gasteiger partial charge on any atom is 0.227 e. The van der Waals surface area contributed by atoms with Crippen LogP contribution < -0.4 is 10.2 Å². The Balaban J connectivity index is 1.46. The van der Waals surface area contributed by atoms with Crippen LogP contribution in [0.1, 0.15) is 25.7 Å². The fourth-order valence-electron chi connectivity index (χ4n) is 2.76. The molecule has 22 heavy (non-hydrogen) atoms. The van der Waals surface area contributed by atoms with Gasteiger partial charge >= 0.3 is 0 Å². The minimum Gasteiger partial charge on any atom is -0.348 e. The van der Waals surface area contributed by atoms with Crippen molar-refractivity contribution >= 4 is 28.1 Å². The topological polar surface area (TPSA) is 45.2 Å². The second-order valence-electron chi connectivity index (χ2n) is 6.05. The van der Waals surface area contributed by atoms with E-state index >= 15 is 0 Å². The summed E-state index contributed by atoms with van der Waals surface area (Å²) >= 11 is 1.71. The van der Waals surface area contributed by atoms with Gasteiger partial charge in [-0.15, -0.1) is 11.3 Å². The highest BCUT2D eigenvalue weighted by atomic mass is 32.1. The van der Waals surface area contributed by atoms with Crippen LogP contribution in [-0.2, 0) is 4.79 Å². The molecule has 2 fully saturated rings. The minimum atomic E-state index is 0.151. The lowest BCUT2D eigenvalue weighted by Gasteiger charge is -2.12. The van der Waals surface area contributed by atoms with E-state index in [1.165, 1.54) is 12.8 Å². The van der Waals surface area contributed by atoms with Crippen LogP contribution in [0.25, 0.3) is 11.3 Å². The summed E-state index contributed by atoms with van der Waals surface area (Å²) in [5, 5.41) is 6.21. The van der Waals surface area contributed by atoms with Crippen molar-refractivity contribution < 1.29 is 4.79 Å². The molecule has 1 N–H and O–H groups in total. The quantitative estimate of drug-likeness (QED) is 0.935. The van der Waals surface area contributed by atoms with Crippen molar-refractivity contribution in [1.29, 1.82) is 0 Å². The molecule has 4 nitrogen and oxygen atoms in total. The molecule has 2 aliphatic rings. The first-order chi connectivity index (χ1) is 10.8. The van der Waals surface area contributed by atoms with E-state index in [4.69, 9.17) is 4.98 Å². The number of amides is 1. The van der Waals surface area contributed by atoms with Crippen LogP contribution in [0, 0.1) is 5.92 Å². The summed E-state index contributed by atoms with van der Waals surface area (Å²) < 4.78 is 0. The SMILES string of the molecule is O=C(Nc1ccc(-c2csc(N3CCCC3)n2)cc1)C1CC1. The third kappa shape index (κ3) is 2.86. The molecule has 5 heteroatoms. The van der Waals surface area contributed by atoms with E-state index in [-0.39, 0.29) is 11.8 Å². The lowest BCUT2D eigenvalue weighted by Crippen LogP contribution is -2.17. The molecule has 1 aliphatic carbocycles. The summed E-state index contributed by atoms with van der Waals surface area (Å²) in [5.74, 6) is 0.388. The highest BCUT2D eigenvalue weighted by Gasteiger charge is 2.29. The lowest BCUT2D eigenvalue weighted by atomic mass is 10.1. The van der Waals surface area contributed by atoms with E-state index in [9.17, 15) is 4.79 Å². The average Bonchev–Trinajstić information content (AvgIpc) is 3.04. The highest BCUT2D eigenvalue weighted by Crippen LogP contribution is 2.32. The number of hydrogen-bond acceptors (Lipinski definition) is 4. The van der Waals surface area contributed by atoms with E-state index in [0.29, 0.717) is 0 Å². The molecular weight excluding hydrogens is 294 g/mol. The molecule has 0 radical (unpaired) electrons. The van der Waals surface area contributed by atoms with Gasteiger partial charge in [-0.3, -0.25) is 4.79 Å². The molecule has 1 saturated carbocycles. The molecule has 0 spiro atoms. The summed E-state index contributed by atoms with van der Waals surface area (Å²) in [7, 11) is 0. The number of hydrogen-bond donors (Lipinski definition) is 1. The van der Waals surface area contributed by atoms with Gasteiger partial charge in [-0.2, -0.15) is 0 Å². The number of thiazole rings is 1. The Morgan fingerprint density at radius 2 is 1.91 bits per heavy atom. The molecule has 2 aromatic rings. The number of anilines is 2. The molecule has 1 aliphatic heterocycles. The van der Waals surface area contributed by atoms with Crippen molar-refractivity contribution in [3.63, 3.8) is 0 Å². The fraction of sp³-hybridized carbons (Fsp3) is 0.412. The van der Waals surface area contributed by atoms with Crippen LogP contribution in [0.2, 0.25) is 0 Å². The molecule has 1 saturated heterocycles. The molecule has 1 amide bonds. The minimum absolute atomic E-state index is 0.151. The Kier molecular flexibility index (Phi) is 3.58. The smallest absolute Gasteiger partial charge is 0.227 e. The van der Waals surface area contributed by atoms with E-state index in [1.807, 2.05) is 24.3 Å². The van der Waals surface area contributed by atoms with Gasteiger partial charge in [0.05, 0.1) is 5.69 Å². The maximum absolute atomic E-state index is 11.8. The zero-order valence-electron chi connectivity index (χ0n) is 12.4. The van der Waals surface area contributed by atoms with Crippen LogP contribution in [0.5, 0.6) is 0 Å². The van der Waals surface area contributed by atoms with Gasteiger partial charge < -0.3 is 10.2 Å². The Morgan fingerprint density at radius 3 is 2.59 bits per heavy atom. The predicted octanol–water partition coefficient (Wildman–Crippen LogP) is 3.76. The van der Waals surface area contributed by atoms with Gasteiger partial charge in [0.2, 0.25) is 5.91 Å². The Labute approximate surface area is 134 Å². The summed E-state index contributed by atoms with van der Waals surface area (Å²) in [6.45, 7) is 2.25. The number of nitrogens with zero attached hydrogens (tertiary/aromatic N) is 2. The van der Waals surface area contributed by atoms with Gasteiger partial charge in [0, 0.05) is 35.6 Å². The third-order valence-electron chi connectivity index (χ3n) is 4.26. The number of nitrogens with one attached hydrogen (secondary N) is 1. The second-order valence-corrected chi connectivity index (χ2v) is 6.89. The Bertz CT molecular complexity index is 669. The van der Waals surface area contributed by atoms with Gasteiger partial charge in [0.1, 0.15) is 0 Å². The van der Waals surface area contributed by atoms with Gasteiger partial charge in [-0.25, -0.2) is 4.98 Å². The number of carbonyl (C=O) groups is 1. The predicted molar refractivity (Wildman–Crippen MR) is 90.4 cm³/mol. The summed E-state index contributed by atoms with van der Waals surface area (Å²) in [4.78, 5) is 18.9. The van der Waals surface area contributed by atoms with Gasteiger partial charge in [-0.05, 0) is 37.8 Å². The van der Waals surface area contributed by atoms with E-state index in [2.05, 4.69) is 15.6 Å². The van der Waals surface area contributed by atoms with Crippen molar-refractivity contribution in [2.75, 3.05) is 23.3 Å². The van der Waals surface area contributed by atoms with Crippen molar-refractivity contribution in [3.8, 4) is 11.3 Å². The molecule has 114 valence electrons. The molecule has 2 heterocycles. The van der Waals surface area contributed by atoms with Crippen molar-refractivity contribution in [2.24, 2.45) is 5.92 Å². The van der Waals surface area contributed by atoms with Gasteiger partial charge in [0.15, 0.2) is 5.13 Å². The molecule has 1 aromatic carbocycles. The number of benzene rings is 1. The van der Waals surface area contributed by atoms with E-state index in [0.717, 1.165) is 48.0 Å². The fourth-order valence-corrected chi connectivity index (χ4v) is 3.65. The van der Waals surface area contributed by atoms with Crippen molar-refractivity contribution in [2.45, 2.75) is 25.7 Å². The van der Waals surface area contributed by atoms with Crippen LogP contribution in [0.3, 0.4) is 0 Å². The van der Waals surface area contributed by atoms with Crippen LogP contribution in [-0.4, -0.2) is 24.0 Å². The first kappa shape index (κ1) is 13.8. The normalized spacial score (nSPS) is 17.7. The zero-order chi connectivity index (χ0) is 14.9. The summed E-state index contributed by atoms with van der Waals surface area (Å²) in [6, 6.07) is 7.99. The Morgan fingerprint density at radius 1 is 1.18 bits per heavy atom. The molecule has 0 unspecified atom stereocenters. The monoisotopic (exact) mass is 313 g/mol. The third-order valence-corrected chi connectivity index (χ3v) is 5.17. The largest absolute Gasteiger partial charge is 0.348 e. The molecule has 4 rings (SSSR count). The van der Waals surface area contributed by atoms with Crippen LogP contribution in [0.4, 0.5) is 10.8 Å². The zero-order valence-corrected chi connectivity index (χ0v) is 13.2. The van der Waals surface area contributed by atoms with E-state index < -0.39 is 0 Å². The standard InChI is InChI=1S/C17H19N3OS/c21-16(13-3-4-13)18-14-7-5-12(6-8-14)15-11-22-17(19-15)20-9-1-2-10-20/h5-8,11,13H,1-4,9-10H2,(H,18,21). The first-order valence-corrected chi connectivity index (χ1v) is 8.79. The van der Waals surface area contributed by atoms with Crippen molar-refractivity contribution in [3.05, 3.63) is 29.6 Å². The highest BCUT2D eigenvalue weighted by molar-refractivity contribution is 7.14. The first-order valence-electron chi connectivity index (χ1n) is 7.91. The van der Waals surface area contributed by atoms with Gasteiger partial charge in [-0.1, -0.05) is 12.1 Å². The lowest BCUT2D eigenvalue weighted by molar-refractivity contribution is -0.117. The molecule has 0 atom stereocenters. The van der Waals surface area contributed by atoms with E-state index in [1.54, 1.807) is 11.3 Å². The Hall–Kier alpha value is -1.88. The van der Waals surface area contributed by atoms with Gasteiger partial charge in [0.25, 0.3) is 0 Å². The van der Waals surface area contributed by atoms with Crippen LogP contribution in [0.15, 0.2) is 29.6 Å². The number of aromatic nitrogens is 1. The summed E-state index contributed by atoms with van der Waals surface area (Å²) in [5.41, 5.74) is 2.99. The summed E-state index contributed by atoms with van der Waals surface area (Å²) in [6.07, 6.45) is 4.60. The second kappa shape index (κ2) is 5.72.